The Morgan fingerprint density at radius 1 is 1.12 bits per heavy atom. The van der Waals surface area contributed by atoms with Crippen LogP contribution in [0.4, 0.5) is 5.82 Å². The Kier molecular flexibility index (Phi) is 5.56. The third-order valence-corrected chi connectivity index (χ3v) is 10.2. The monoisotopic (exact) mass is 563 g/mol. The molecular weight excluding hydrogens is 530 g/mol. The fraction of sp³-hybridized carbons (Fsp3) is 0.516. The van der Waals surface area contributed by atoms with E-state index in [1.807, 2.05) is 35.5 Å². The Balaban J connectivity index is 0.984. The number of piperidine rings is 1. The van der Waals surface area contributed by atoms with Crippen molar-refractivity contribution in [2.24, 2.45) is 16.6 Å². The minimum atomic E-state index is -0.764. The van der Waals surface area contributed by atoms with Crippen LogP contribution < -0.4 is 15.4 Å². The molecule has 1 amide bonds. The van der Waals surface area contributed by atoms with E-state index in [9.17, 15) is 15.3 Å². The Morgan fingerprint density at radius 2 is 1.93 bits per heavy atom. The van der Waals surface area contributed by atoms with Crippen molar-refractivity contribution in [3.63, 3.8) is 0 Å². The molecule has 2 saturated carbocycles. The second-order valence-corrected chi connectivity index (χ2v) is 12.9. The number of ether oxygens (including phenoxy) is 1. The van der Waals surface area contributed by atoms with Gasteiger partial charge in [0, 0.05) is 56.1 Å². The van der Waals surface area contributed by atoms with Crippen molar-refractivity contribution in [3.8, 4) is 29.0 Å². The van der Waals surface area contributed by atoms with Gasteiger partial charge in [-0.05, 0) is 55.7 Å². The van der Waals surface area contributed by atoms with Gasteiger partial charge >= 0.3 is 0 Å². The van der Waals surface area contributed by atoms with Gasteiger partial charge < -0.3 is 20.3 Å². The van der Waals surface area contributed by atoms with Crippen molar-refractivity contribution in [2.75, 3.05) is 44.2 Å². The van der Waals surface area contributed by atoms with Crippen LogP contribution in [0, 0.1) is 33.5 Å². The minimum Gasteiger partial charge on any atom is -0.491 e. The first kappa shape index (κ1) is 25.5. The maximum Gasteiger partial charge on any atom is 0.243 e. The number of anilines is 1. The highest BCUT2D eigenvalue weighted by molar-refractivity contribution is 5.90. The minimum absolute atomic E-state index is 0.0188. The molecule has 4 saturated heterocycles. The molecule has 42 heavy (non-hydrogen) atoms. The molecule has 214 valence electrons. The van der Waals surface area contributed by atoms with E-state index in [-0.39, 0.29) is 24.0 Å². The molecule has 3 aromatic heterocycles. The molecule has 9 rings (SSSR count). The third kappa shape index (κ3) is 3.95. The van der Waals surface area contributed by atoms with Crippen LogP contribution in [0.1, 0.15) is 37.7 Å². The molecule has 0 radical (unpaired) electrons. The van der Waals surface area contributed by atoms with Crippen molar-refractivity contribution in [1.82, 2.24) is 24.4 Å². The molecule has 4 aliphatic heterocycles. The SMILES string of the molecule is N#Cc1cnn2cc(OCCN3CC(N)C4(CC4)C3)cc(-c3ccc(N4CC5CC(C4)N5C(=O)C4(C#N)CC4)nc3)c12. The predicted molar refractivity (Wildman–Crippen MR) is 153 cm³/mol. The number of nitriles is 2. The summed E-state index contributed by atoms with van der Waals surface area (Å²) in [5.41, 5.74) is 8.87. The number of nitrogens with zero attached hydrogens (tertiary/aromatic N) is 8. The van der Waals surface area contributed by atoms with Crippen LogP contribution in [0.15, 0.2) is 36.8 Å². The van der Waals surface area contributed by atoms with Crippen molar-refractivity contribution in [2.45, 2.75) is 50.2 Å². The molecule has 2 bridgehead atoms. The number of fused-ring (bicyclic) bond motifs is 3. The van der Waals surface area contributed by atoms with E-state index in [0.29, 0.717) is 49.3 Å². The number of nitrogens with two attached hydrogens (primary N) is 1. The summed E-state index contributed by atoms with van der Waals surface area (Å²) in [4.78, 5) is 24.3. The zero-order chi connectivity index (χ0) is 28.6. The smallest absolute Gasteiger partial charge is 0.243 e. The van der Waals surface area contributed by atoms with E-state index in [0.717, 1.165) is 48.5 Å². The number of piperazine rings is 1. The lowest BCUT2D eigenvalue weighted by Gasteiger charge is -2.57. The Hall–Kier alpha value is -4.19. The van der Waals surface area contributed by atoms with Gasteiger partial charge in [0.25, 0.3) is 0 Å². The molecule has 3 unspecified atom stereocenters. The average Bonchev–Trinajstić information content (AvgIpc) is 3.91. The highest BCUT2D eigenvalue weighted by atomic mass is 16.5. The number of aromatic nitrogens is 3. The lowest BCUT2D eigenvalue weighted by molar-refractivity contribution is -0.150. The van der Waals surface area contributed by atoms with E-state index >= 15 is 0 Å². The van der Waals surface area contributed by atoms with Crippen LogP contribution in [0.5, 0.6) is 5.75 Å². The van der Waals surface area contributed by atoms with E-state index in [2.05, 4.69) is 27.0 Å². The maximum absolute atomic E-state index is 13.0. The number of carbonyl (C=O) groups is 1. The van der Waals surface area contributed by atoms with Gasteiger partial charge in [0.05, 0.1) is 41.6 Å². The second-order valence-electron chi connectivity index (χ2n) is 12.9. The molecule has 6 fully saturated rings. The molecule has 11 heteroatoms. The molecule has 2 N–H and O–H groups in total. The maximum atomic E-state index is 13.0. The van der Waals surface area contributed by atoms with Crippen LogP contribution in [0.25, 0.3) is 16.6 Å². The van der Waals surface area contributed by atoms with E-state index in [4.69, 9.17) is 15.5 Å². The van der Waals surface area contributed by atoms with E-state index < -0.39 is 5.41 Å². The van der Waals surface area contributed by atoms with Gasteiger partial charge in [-0.1, -0.05) is 0 Å². The highest BCUT2D eigenvalue weighted by Crippen LogP contribution is 2.52. The van der Waals surface area contributed by atoms with E-state index in [1.165, 1.54) is 12.8 Å². The second kappa shape index (κ2) is 9.15. The zero-order valence-corrected chi connectivity index (χ0v) is 23.4. The van der Waals surface area contributed by atoms with Gasteiger partial charge in [-0.3, -0.25) is 9.69 Å². The van der Waals surface area contributed by atoms with Crippen LogP contribution in [0.2, 0.25) is 0 Å². The molecule has 2 aliphatic carbocycles. The average molecular weight is 564 g/mol. The van der Waals surface area contributed by atoms with Crippen LogP contribution in [0.3, 0.4) is 0 Å². The molecule has 11 nitrogen and oxygen atoms in total. The number of likely N-dealkylation sites (tertiary alicyclic amines) is 1. The van der Waals surface area contributed by atoms with Crippen molar-refractivity contribution in [1.29, 1.82) is 10.5 Å². The molecule has 1 spiro atoms. The quantitative estimate of drug-likeness (QED) is 0.458. The number of hydrogen-bond acceptors (Lipinski definition) is 9. The molecule has 7 heterocycles. The molecule has 3 aromatic rings. The Labute approximate surface area is 244 Å². The topological polar surface area (TPSA) is 140 Å². The summed E-state index contributed by atoms with van der Waals surface area (Å²) < 4.78 is 7.91. The summed E-state index contributed by atoms with van der Waals surface area (Å²) in [7, 11) is 0. The van der Waals surface area contributed by atoms with Gasteiger partial charge in [0.15, 0.2) is 0 Å². The molecule has 6 aliphatic rings. The van der Waals surface area contributed by atoms with Crippen molar-refractivity contribution >= 4 is 17.2 Å². The first-order chi connectivity index (χ1) is 20.4. The highest BCUT2D eigenvalue weighted by Gasteiger charge is 2.59. The molecular formula is C31H33N9O2. The zero-order valence-electron chi connectivity index (χ0n) is 23.4. The van der Waals surface area contributed by atoms with Gasteiger partial charge in [0.1, 0.15) is 29.7 Å². The Morgan fingerprint density at radius 3 is 2.57 bits per heavy atom. The predicted octanol–water partition coefficient (Wildman–Crippen LogP) is 2.16. The lowest BCUT2D eigenvalue weighted by atomic mass is 9.85. The van der Waals surface area contributed by atoms with Crippen LogP contribution >= 0.6 is 0 Å². The van der Waals surface area contributed by atoms with Gasteiger partial charge in [-0.25, -0.2) is 9.50 Å². The summed E-state index contributed by atoms with van der Waals surface area (Å²) in [5.74, 6) is 1.56. The summed E-state index contributed by atoms with van der Waals surface area (Å²) in [5, 5.41) is 23.6. The van der Waals surface area contributed by atoms with Gasteiger partial charge in [0.2, 0.25) is 5.91 Å². The van der Waals surface area contributed by atoms with Gasteiger partial charge in [-0.15, -0.1) is 0 Å². The van der Waals surface area contributed by atoms with Crippen molar-refractivity contribution in [3.05, 3.63) is 42.4 Å². The van der Waals surface area contributed by atoms with Crippen LogP contribution in [-0.4, -0.2) is 87.8 Å². The first-order valence-corrected chi connectivity index (χ1v) is 14.9. The number of pyridine rings is 2. The first-order valence-electron chi connectivity index (χ1n) is 14.9. The molecule has 0 aromatic carbocycles. The lowest BCUT2D eigenvalue weighted by Crippen LogP contribution is -2.71. The van der Waals surface area contributed by atoms with Gasteiger partial charge in [-0.2, -0.15) is 15.6 Å². The summed E-state index contributed by atoms with van der Waals surface area (Å²) >= 11 is 0. The number of hydrogen-bond donors (Lipinski definition) is 1. The number of rotatable bonds is 7. The Bertz CT molecular complexity index is 1650. The summed E-state index contributed by atoms with van der Waals surface area (Å²) in [6.45, 7) is 4.77. The fourth-order valence-electron chi connectivity index (χ4n) is 7.34. The summed E-state index contributed by atoms with van der Waals surface area (Å²) in [6, 6.07) is 11.0. The van der Waals surface area contributed by atoms with Crippen molar-refractivity contribution < 1.29 is 9.53 Å². The third-order valence-electron chi connectivity index (χ3n) is 10.2. The number of amides is 1. The molecule has 3 atom stereocenters. The number of carbonyl (C=O) groups excluding carboxylic acids is 1. The largest absolute Gasteiger partial charge is 0.491 e. The fourth-order valence-corrected chi connectivity index (χ4v) is 7.34. The standard InChI is InChI=1S/C31H33N9O2/c32-11-21-13-36-39-16-24(42-8-7-37-17-26(34)31(19-37)5-6-31)10-25(28(21)39)20-1-2-27(35-12-20)38-14-22-9-23(15-38)40(22)29(41)30(18-33)3-4-30/h1-2,10,12-13,16,22-23,26H,3-9,14-15,17,19,34H2. The summed E-state index contributed by atoms with van der Waals surface area (Å²) in [6.07, 6.45) is 10.1. The van der Waals surface area contributed by atoms with Crippen LogP contribution in [-0.2, 0) is 4.79 Å². The van der Waals surface area contributed by atoms with E-state index in [1.54, 1.807) is 10.7 Å². The normalized spacial score (nSPS) is 26.5.